The molecule has 0 amide bonds. The summed E-state index contributed by atoms with van der Waals surface area (Å²) in [6.07, 6.45) is 0.998. The van der Waals surface area contributed by atoms with Crippen molar-refractivity contribution in [2.24, 2.45) is 0 Å². The summed E-state index contributed by atoms with van der Waals surface area (Å²) in [7, 11) is 1.58. The Morgan fingerprint density at radius 2 is 1.88 bits per heavy atom. The quantitative estimate of drug-likeness (QED) is 0.643. The topological polar surface area (TPSA) is 75.7 Å². The van der Waals surface area contributed by atoms with Gasteiger partial charge >= 0.3 is 0 Å². The summed E-state index contributed by atoms with van der Waals surface area (Å²) in [5.41, 5.74) is 9.33. The van der Waals surface area contributed by atoms with Gasteiger partial charge in [0, 0.05) is 30.9 Å². The third kappa shape index (κ3) is 2.46. The molecule has 0 aliphatic carbocycles. The highest BCUT2D eigenvalue weighted by atomic mass is 16.5. The van der Waals surface area contributed by atoms with Gasteiger partial charge in [-0.25, -0.2) is 0 Å². The van der Waals surface area contributed by atoms with Gasteiger partial charge in [-0.15, -0.1) is 0 Å². The summed E-state index contributed by atoms with van der Waals surface area (Å²) in [5, 5.41) is 18.0. The number of nitrogen functional groups attached to an aromatic ring is 1. The summed E-state index contributed by atoms with van der Waals surface area (Å²) in [4.78, 5) is 0. The van der Waals surface area contributed by atoms with Crippen LogP contribution in [0.3, 0.4) is 0 Å². The molecule has 4 nitrogen and oxygen atoms in total. The van der Waals surface area contributed by atoms with Crippen LogP contribution in [0.25, 0.3) is 0 Å². The molecule has 0 fully saturated rings. The number of benzene rings is 1. The Hall–Kier alpha value is -1.26. The third-order valence-electron chi connectivity index (χ3n) is 2.65. The first-order chi connectivity index (χ1) is 7.65. The van der Waals surface area contributed by atoms with Gasteiger partial charge in [-0.3, -0.25) is 0 Å². The summed E-state index contributed by atoms with van der Waals surface area (Å²) >= 11 is 0. The highest BCUT2D eigenvalue weighted by molar-refractivity contribution is 5.62. The first-order valence-corrected chi connectivity index (χ1v) is 5.32. The Morgan fingerprint density at radius 3 is 2.38 bits per heavy atom. The van der Waals surface area contributed by atoms with Crippen LogP contribution in [0, 0.1) is 6.92 Å². The fourth-order valence-electron chi connectivity index (χ4n) is 1.88. The average molecular weight is 225 g/mol. The number of hydrogen-bond donors (Lipinski definition) is 3. The molecule has 0 atom stereocenters. The lowest BCUT2D eigenvalue weighted by atomic mass is 9.98. The zero-order chi connectivity index (χ0) is 12.1. The van der Waals surface area contributed by atoms with E-state index >= 15 is 0 Å². The van der Waals surface area contributed by atoms with Crippen molar-refractivity contribution in [3.63, 3.8) is 0 Å². The molecule has 1 aromatic carbocycles. The molecule has 1 aromatic rings. The van der Waals surface area contributed by atoms with Gasteiger partial charge in [0.05, 0.1) is 7.11 Å². The number of anilines is 1. The van der Waals surface area contributed by atoms with Crippen LogP contribution < -0.4 is 10.5 Å². The number of rotatable bonds is 5. The van der Waals surface area contributed by atoms with E-state index in [9.17, 15) is 0 Å². The van der Waals surface area contributed by atoms with Gasteiger partial charge in [-0.05, 0) is 24.5 Å². The van der Waals surface area contributed by atoms with E-state index in [1.807, 2.05) is 13.0 Å². The fraction of sp³-hybridized carbons (Fsp3) is 0.500. The van der Waals surface area contributed by atoms with Gasteiger partial charge in [0.2, 0.25) is 0 Å². The molecule has 0 saturated heterocycles. The van der Waals surface area contributed by atoms with E-state index in [4.69, 9.17) is 20.7 Å². The number of aliphatic hydroxyl groups is 2. The molecule has 0 aliphatic heterocycles. The number of methoxy groups -OCH3 is 1. The fourth-order valence-corrected chi connectivity index (χ4v) is 1.88. The minimum Gasteiger partial charge on any atom is -0.496 e. The molecule has 0 bridgehead atoms. The lowest BCUT2D eigenvalue weighted by Gasteiger charge is -2.17. The Balaban J connectivity index is 3.30. The molecule has 0 radical (unpaired) electrons. The van der Waals surface area contributed by atoms with Crippen LogP contribution in [0.1, 0.15) is 16.7 Å². The molecule has 4 heteroatoms. The Morgan fingerprint density at radius 1 is 1.25 bits per heavy atom. The molecule has 0 aromatic heterocycles. The van der Waals surface area contributed by atoms with Gasteiger partial charge < -0.3 is 20.7 Å². The zero-order valence-corrected chi connectivity index (χ0v) is 9.79. The van der Waals surface area contributed by atoms with E-state index in [1.54, 1.807) is 7.11 Å². The first kappa shape index (κ1) is 12.8. The van der Waals surface area contributed by atoms with Crippen molar-refractivity contribution in [3.8, 4) is 5.75 Å². The Labute approximate surface area is 95.7 Å². The lowest BCUT2D eigenvalue weighted by molar-refractivity contribution is 0.292. The Bertz CT molecular complexity index is 364. The number of nitrogens with two attached hydrogens (primary N) is 1. The number of aliphatic hydroxyl groups excluding tert-OH is 2. The minimum absolute atomic E-state index is 0.0303. The van der Waals surface area contributed by atoms with E-state index in [0.29, 0.717) is 24.3 Å². The number of aryl methyl sites for hydroxylation is 1. The molecular formula is C12H19NO3. The van der Waals surface area contributed by atoms with Crippen molar-refractivity contribution in [2.45, 2.75) is 19.8 Å². The van der Waals surface area contributed by atoms with Gasteiger partial charge in [-0.2, -0.15) is 0 Å². The minimum atomic E-state index is 0.0303. The van der Waals surface area contributed by atoms with Gasteiger partial charge in [0.25, 0.3) is 0 Å². The first-order valence-electron chi connectivity index (χ1n) is 5.32. The predicted molar refractivity (Wildman–Crippen MR) is 63.7 cm³/mol. The number of hydrogen-bond acceptors (Lipinski definition) is 4. The van der Waals surface area contributed by atoms with Gasteiger partial charge in [-0.1, -0.05) is 6.07 Å². The summed E-state index contributed by atoms with van der Waals surface area (Å²) in [6.45, 7) is 2.01. The van der Waals surface area contributed by atoms with Crippen molar-refractivity contribution in [2.75, 3.05) is 26.1 Å². The Kier molecular flexibility index (Phi) is 4.58. The van der Waals surface area contributed by atoms with E-state index in [0.717, 1.165) is 16.7 Å². The maximum atomic E-state index is 9.02. The summed E-state index contributed by atoms with van der Waals surface area (Å²) in [6, 6.07) is 1.92. The lowest BCUT2D eigenvalue weighted by Crippen LogP contribution is -2.07. The van der Waals surface area contributed by atoms with Crippen LogP contribution in [-0.4, -0.2) is 30.5 Å². The van der Waals surface area contributed by atoms with Crippen molar-refractivity contribution in [1.29, 1.82) is 0 Å². The normalized spacial score (nSPS) is 10.5. The van der Waals surface area contributed by atoms with Crippen LogP contribution >= 0.6 is 0 Å². The van der Waals surface area contributed by atoms with Gasteiger partial charge in [0.15, 0.2) is 0 Å². The molecule has 90 valence electrons. The smallest absolute Gasteiger partial charge is 0.127 e. The molecule has 4 N–H and O–H groups in total. The second kappa shape index (κ2) is 5.72. The third-order valence-corrected chi connectivity index (χ3v) is 2.65. The molecule has 0 spiro atoms. The zero-order valence-electron chi connectivity index (χ0n) is 9.79. The summed E-state index contributed by atoms with van der Waals surface area (Å²) in [5.74, 6) is 0.686. The van der Waals surface area contributed by atoms with Crippen LogP contribution in [0.5, 0.6) is 5.75 Å². The molecule has 16 heavy (non-hydrogen) atoms. The monoisotopic (exact) mass is 225 g/mol. The van der Waals surface area contributed by atoms with E-state index < -0.39 is 0 Å². The molecular weight excluding hydrogens is 206 g/mol. The highest BCUT2D eigenvalue weighted by Crippen LogP contribution is 2.32. The van der Waals surface area contributed by atoms with E-state index in [1.165, 1.54) is 0 Å². The molecule has 1 rings (SSSR count). The van der Waals surface area contributed by atoms with Crippen LogP contribution in [0.4, 0.5) is 5.69 Å². The van der Waals surface area contributed by atoms with Crippen molar-refractivity contribution >= 4 is 5.69 Å². The second-order valence-electron chi connectivity index (χ2n) is 3.73. The summed E-state index contributed by atoms with van der Waals surface area (Å²) < 4.78 is 5.32. The molecule has 0 heterocycles. The predicted octanol–water partition coefficient (Wildman–Crippen LogP) is 0.655. The van der Waals surface area contributed by atoms with Gasteiger partial charge in [0.1, 0.15) is 5.75 Å². The molecule has 0 saturated carbocycles. The second-order valence-corrected chi connectivity index (χ2v) is 3.73. The maximum Gasteiger partial charge on any atom is 0.127 e. The molecule has 0 aliphatic rings. The highest BCUT2D eigenvalue weighted by Gasteiger charge is 2.14. The van der Waals surface area contributed by atoms with Crippen LogP contribution in [0.15, 0.2) is 6.07 Å². The average Bonchev–Trinajstić information content (AvgIpc) is 2.26. The maximum absolute atomic E-state index is 9.02. The van der Waals surface area contributed by atoms with E-state index in [-0.39, 0.29) is 13.2 Å². The van der Waals surface area contributed by atoms with E-state index in [2.05, 4.69) is 0 Å². The SMILES string of the molecule is COc1c(CCO)cc(C)c(N)c1CCO. The largest absolute Gasteiger partial charge is 0.496 e. The number of ether oxygens (including phenoxy) is 1. The van der Waals surface area contributed by atoms with Crippen molar-refractivity contribution < 1.29 is 14.9 Å². The van der Waals surface area contributed by atoms with Crippen LogP contribution in [0.2, 0.25) is 0 Å². The van der Waals surface area contributed by atoms with Crippen molar-refractivity contribution in [1.82, 2.24) is 0 Å². The van der Waals surface area contributed by atoms with Crippen molar-refractivity contribution in [3.05, 3.63) is 22.8 Å². The van der Waals surface area contributed by atoms with Crippen LogP contribution in [-0.2, 0) is 12.8 Å². The standard InChI is InChI=1S/C12H19NO3/c1-8-7-9(3-5-14)12(16-2)10(4-6-15)11(8)13/h7,14-15H,3-6,13H2,1-2H3. The molecule has 0 unspecified atom stereocenters.